The molecule has 0 bridgehead atoms. The molecule has 9 heteroatoms. The normalized spacial score (nSPS) is 15.0. The molecule has 6 nitrogen and oxygen atoms in total. The van der Waals surface area contributed by atoms with E-state index in [1.165, 1.54) is 15.7 Å². The van der Waals surface area contributed by atoms with E-state index in [-0.39, 0.29) is 23.1 Å². The molecule has 2 heterocycles. The Kier molecular flexibility index (Phi) is 7.04. The van der Waals surface area contributed by atoms with Gasteiger partial charge in [0.1, 0.15) is 5.56 Å². The maximum atomic E-state index is 12.8. The molecule has 1 aromatic carbocycles. The van der Waals surface area contributed by atoms with E-state index in [4.69, 9.17) is 23.2 Å². The van der Waals surface area contributed by atoms with Gasteiger partial charge in [-0.15, -0.1) is 0 Å². The third-order valence-electron chi connectivity index (χ3n) is 4.77. The zero-order valence-corrected chi connectivity index (χ0v) is 17.9. The Morgan fingerprint density at radius 3 is 2.57 bits per heavy atom. The van der Waals surface area contributed by atoms with Crippen molar-refractivity contribution >= 4 is 40.9 Å². The summed E-state index contributed by atoms with van der Waals surface area (Å²) < 4.78 is 1.53. The largest absolute Gasteiger partial charge is 0.503 e. The molecule has 0 spiro atoms. The molecule has 3 rings (SSSR count). The van der Waals surface area contributed by atoms with Crippen LogP contribution >= 0.6 is 35.0 Å². The van der Waals surface area contributed by atoms with Gasteiger partial charge < -0.3 is 19.7 Å². The van der Waals surface area contributed by atoms with Crippen LogP contribution in [-0.2, 0) is 13.1 Å². The van der Waals surface area contributed by atoms with Gasteiger partial charge in [-0.2, -0.15) is 11.8 Å². The van der Waals surface area contributed by atoms with Gasteiger partial charge in [0, 0.05) is 57.5 Å². The lowest BCUT2D eigenvalue weighted by molar-refractivity contribution is 0.0782. The van der Waals surface area contributed by atoms with Crippen LogP contribution in [0.25, 0.3) is 0 Å². The highest BCUT2D eigenvalue weighted by molar-refractivity contribution is 7.99. The first kappa shape index (κ1) is 21.2. The standard InChI is InChI=1S/C19H23Cl2N3O3S/c1-22(11-13-2-3-15(20)16(21)10-13)18(26)14-12-24(19(27)17(14)25)5-4-23-6-8-28-9-7-23/h2-3,10,12,25,27H,4-9,11H2,1H3. The van der Waals surface area contributed by atoms with E-state index in [1.807, 2.05) is 11.8 Å². The Bertz CT molecular complexity index is 853. The second-order valence-electron chi connectivity index (χ2n) is 6.77. The van der Waals surface area contributed by atoms with Gasteiger partial charge in [0.15, 0.2) is 5.75 Å². The molecule has 2 aromatic rings. The number of amides is 1. The summed E-state index contributed by atoms with van der Waals surface area (Å²) in [6.07, 6.45) is 1.51. The van der Waals surface area contributed by atoms with Crippen LogP contribution in [-0.4, -0.2) is 68.7 Å². The minimum atomic E-state index is -0.389. The first-order chi connectivity index (χ1) is 13.4. The van der Waals surface area contributed by atoms with Gasteiger partial charge in [-0.05, 0) is 17.7 Å². The lowest BCUT2D eigenvalue weighted by Gasteiger charge is -2.26. The number of thioether (sulfide) groups is 1. The highest BCUT2D eigenvalue weighted by Gasteiger charge is 2.23. The smallest absolute Gasteiger partial charge is 0.259 e. The van der Waals surface area contributed by atoms with E-state index < -0.39 is 0 Å². The van der Waals surface area contributed by atoms with Crippen molar-refractivity contribution in [3.05, 3.63) is 45.6 Å². The zero-order valence-electron chi connectivity index (χ0n) is 15.6. The van der Waals surface area contributed by atoms with Gasteiger partial charge in [-0.3, -0.25) is 9.69 Å². The molecule has 0 unspecified atom stereocenters. The van der Waals surface area contributed by atoms with Gasteiger partial charge in [0.25, 0.3) is 5.91 Å². The predicted octanol–water partition coefficient (Wildman–Crippen LogP) is 3.53. The van der Waals surface area contributed by atoms with Crippen LogP contribution in [0, 0.1) is 0 Å². The molecular formula is C19H23Cl2N3O3S. The number of rotatable bonds is 6. The highest BCUT2D eigenvalue weighted by atomic mass is 35.5. The molecule has 1 aliphatic rings. The Morgan fingerprint density at radius 1 is 1.18 bits per heavy atom. The first-order valence-corrected chi connectivity index (χ1v) is 10.9. The fourth-order valence-corrected chi connectivity index (χ4v) is 4.42. The minimum absolute atomic E-state index is 0.0780. The van der Waals surface area contributed by atoms with Crippen LogP contribution in [0.2, 0.25) is 10.0 Å². The number of nitrogens with zero attached hydrogens (tertiary/aromatic N) is 3. The van der Waals surface area contributed by atoms with Crippen LogP contribution < -0.4 is 0 Å². The van der Waals surface area contributed by atoms with Crippen LogP contribution in [0.1, 0.15) is 15.9 Å². The molecule has 28 heavy (non-hydrogen) atoms. The summed E-state index contributed by atoms with van der Waals surface area (Å²) in [5.74, 6) is 1.16. The second-order valence-corrected chi connectivity index (χ2v) is 8.81. The van der Waals surface area contributed by atoms with Crippen molar-refractivity contribution in [2.75, 3.05) is 38.2 Å². The molecule has 0 saturated carbocycles. The van der Waals surface area contributed by atoms with Crippen LogP contribution in [0.5, 0.6) is 11.6 Å². The Labute approximate surface area is 178 Å². The maximum Gasteiger partial charge on any atom is 0.259 e. The van der Waals surface area contributed by atoms with E-state index >= 15 is 0 Å². The maximum absolute atomic E-state index is 12.8. The summed E-state index contributed by atoms with van der Waals surface area (Å²) in [7, 11) is 1.63. The van der Waals surface area contributed by atoms with Crippen molar-refractivity contribution in [1.82, 2.24) is 14.4 Å². The lowest BCUT2D eigenvalue weighted by atomic mass is 10.2. The molecule has 152 valence electrons. The van der Waals surface area contributed by atoms with Crippen molar-refractivity contribution < 1.29 is 15.0 Å². The summed E-state index contributed by atoms with van der Waals surface area (Å²) >= 11 is 13.9. The summed E-state index contributed by atoms with van der Waals surface area (Å²) in [4.78, 5) is 16.5. The molecule has 1 aliphatic heterocycles. The number of carbonyl (C=O) groups is 1. The van der Waals surface area contributed by atoms with E-state index in [1.54, 1.807) is 25.2 Å². The number of carbonyl (C=O) groups excluding carboxylic acids is 1. The molecular weight excluding hydrogens is 421 g/mol. The van der Waals surface area contributed by atoms with Crippen molar-refractivity contribution in [3.8, 4) is 11.6 Å². The molecule has 0 aliphatic carbocycles. The van der Waals surface area contributed by atoms with Gasteiger partial charge in [0.2, 0.25) is 5.88 Å². The first-order valence-electron chi connectivity index (χ1n) is 8.97. The van der Waals surface area contributed by atoms with Gasteiger partial charge in [-0.25, -0.2) is 0 Å². The molecule has 1 saturated heterocycles. The fourth-order valence-electron chi connectivity index (χ4n) is 3.12. The average molecular weight is 444 g/mol. The SMILES string of the molecule is CN(Cc1ccc(Cl)c(Cl)c1)C(=O)c1cn(CCN2CCSCC2)c(O)c1O. The zero-order chi connectivity index (χ0) is 20.3. The van der Waals surface area contributed by atoms with Crippen molar-refractivity contribution in [2.45, 2.75) is 13.1 Å². The van der Waals surface area contributed by atoms with E-state index in [9.17, 15) is 15.0 Å². The van der Waals surface area contributed by atoms with Crippen LogP contribution in [0.4, 0.5) is 0 Å². The second kappa shape index (κ2) is 9.31. The molecule has 1 fully saturated rings. The number of hydrogen-bond acceptors (Lipinski definition) is 5. The molecule has 1 amide bonds. The molecule has 0 radical (unpaired) electrons. The molecule has 1 aromatic heterocycles. The Hall–Kier alpha value is -1.54. The third kappa shape index (κ3) is 4.89. The third-order valence-corrected chi connectivity index (χ3v) is 6.45. The van der Waals surface area contributed by atoms with Crippen molar-refractivity contribution in [3.63, 3.8) is 0 Å². The van der Waals surface area contributed by atoms with Crippen LogP contribution in [0.15, 0.2) is 24.4 Å². The summed E-state index contributed by atoms with van der Waals surface area (Å²) in [5, 5.41) is 21.3. The topological polar surface area (TPSA) is 68.9 Å². The molecule has 0 atom stereocenters. The monoisotopic (exact) mass is 443 g/mol. The average Bonchev–Trinajstić information content (AvgIpc) is 2.97. The van der Waals surface area contributed by atoms with Crippen molar-refractivity contribution in [1.29, 1.82) is 0 Å². The summed E-state index contributed by atoms with van der Waals surface area (Å²) in [6, 6.07) is 5.17. The number of hydrogen-bond donors (Lipinski definition) is 2. The van der Waals surface area contributed by atoms with E-state index in [0.29, 0.717) is 23.1 Å². The number of aromatic nitrogens is 1. The van der Waals surface area contributed by atoms with E-state index in [0.717, 1.165) is 36.7 Å². The quantitative estimate of drug-likeness (QED) is 0.714. The van der Waals surface area contributed by atoms with Crippen LogP contribution in [0.3, 0.4) is 0 Å². The van der Waals surface area contributed by atoms with E-state index in [2.05, 4.69) is 4.90 Å². The fraction of sp³-hybridized carbons (Fsp3) is 0.421. The van der Waals surface area contributed by atoms with Gasteiger partial charge in [-0.1, -0.05) is 29.3 Å². The lowest BCUT2D eigenvalue weighted by Crippen LogP contribution is -2.34. The number of halogens is 2. The van der Waals surface area contributed by atoms with Gasteiger partial charge >= 0.3 is 0 Å². The minimum Gasteiger partial charge on any atom is -0.503 e. The van der Waals surface area contributed by atoms with Crippen molar-refractivity contribution in [2.24, 2.45) is 0 Å². The number of benzene rings is 1. The highest BCUT2D eigenvalue weighted by Crippen LogP contribution is 2.32. The summed E-state index contributed by atoms with van der Waals surface area (Å²) in [5.41, 5.74) is 0.894. The van der Waals surface area contributed by atoms with Gasteiger partial charge in [0.05, 0.1) is 10.0 Å². The Morgan fingerprint density at radius 2 is 1.89 bits per heavy atom. The number of aromatic hydroxyl groups is 2. The molecule has 2 N–H and O–H groups in total. The Balaban J connectivity index is 1.67. The summed E-state index contributed by atoms with van der Waals surface area (Å²) in [6.45, 7) is 3.59. The predicted molar refractivity (Wildman–Crippen MR) is 114 cm³/mol.